The summed E-state index contributed by atoms with van der Waals surface area (Å²) in [5, 5.41) is 0.493. The van der Waals surface area contributed by atoms with Gasteiger partial charge in [-0.15, -0.1) is 0 Å². The van der Waals surface area contributed by atoms with Gasteiger partial charge in [0, 0.05) is 23.5 Å². The summed E-state index contributed by atoms with van der Waals surface area (Å²) in [6.45, 7) is 0. The van der Waals surface area contributed by atoms with Gasteiger partial charge < -0.3 is 5.73 Å². The van der Waals surface area contributed by atoms with Gasteiger partial charge >= 0.3 is 0 Å². The Balaban J connectivity index is 2.20. The van der Waals surface area contributed by atoms with Gasteiger partial charge in [0.15, 0.2) is 0 Å². The molecule has 0 radical (unpaired) electrons. The number of hydrogen-bond acceptors (Lipinski definition) is 2. The number of rotatable bonds is 3. The maximum atomic E-state index is 13.1. The Kier molecular flexibility index (Phi) is 3.71. The van der Waals surface area contributed by atoms with Crippen LogP contribution >= 0.6 is 11.6 Å². The zero-order valence-electron chi connectivity index (χ0n) is 9.11. The van der Waals surface area contributed by atoms with Crippen LogP contribution in [0.1, 0.15) is 17.2 Å². The number of nitrogens with two attached hydrogens (primary N) is 1. The van der Waals surface area contributed by atoms with E-state index < -0.39 is 0 Å². The molecule has 2 nitrogen and oxygen atoms in total. The molecule has 0 spiro atoms. The lowest BCUT2D eigenvalue weighted by molar-refractivity contribution is 0.618. The smallest absolute Gasteiger partial charge is 0.123 e. The second kappa shape index (κ2) is 5.25. The maximum Gasteiger partial charge on any atom is 0.123 e. The molecule has 0 bridgehead atoms. The fourth-order valence-corrected chi connectivity index (χ4v) is 1.94. The van der Waals surface area contributed by atoms with Gasteiger partial charge in [0.2, 0.25) is 0 Å². The Morgan fingerprint density at radius 1 is 1.24 bits per heavy atom. The third kappa shape index (κ3) is 3.02. The number of nitrogens with zero attached hydrogens (tertiary/aromatic N) is 1. The molecule has 0 aliphatic carbocycles. The number of pyridine rings is 1. The second-order valence-corrected chi connectivity index (χ2v) is 4.24. The summed E-state index contributed by atoms with van der Waals surface area (Å²) in [7, 11) is 0. The van der Waals surface area contributed by atoms with E-state index >= 15 is 0 Å². The van der Waals surface area contributed by atoms with Crippen LogP contribution < -0.4 is 5.73 Å². The summed E-state index contributed by atoms with van der Waals surface area (Å²) < 4.78 is 13.1. The largest absolute Gasteiger partial charge is 0.324 e. The molecule has 0 aliphatic rings. The van der Waals surface area contributed by atoms with E-state index in [4.69, 9.17) is 17.3 Å². The number of halogens is 2. The third-order valence-electron chi connectivity index (χ3n) is 2.56. The van der Waals surface area contributed by atoms with Crippen LogP contribution in [0.2, 0.25) is 5.02 Å². The first kappa shape index (κ1) is 12.0. The van der Waals surface area contributed by atoms with E-state index in [-0.39, 0.29) is 11.9 Å². The van der Waals surface area contributed by atoms with E-state index in [0.717, 1.165) is 5.56 Å². The first-order chi connectivity index (χ1) is 8.16. The van der Waals surface area contributed by atoms with Gasteiger partial charge in [-0.25, -0.2) is 4.39 Å². The molecule has 0 saturated heterocycles. The van der Waals surface area contributed by atoms with E-state index in [1.165, 1.54) is 18.2 Å². The first-order valence-corrected chi connectivity index (χ1v) is 5.64. The van der Waals surface area contributed by atoms with E-state index in [1.54, 1.807) is 12.4 Å². The zero-order valence-corrected chi connectivity index (χ0v) is 9.86. The molecule has 1 aromatic heterocycles. The summed E-state index contributed by atoms with van der Waals surface area (Å²) in [4.78, 5) is 3.93. The minimum absolute atomic E-state index is 0.319. The lowest BCUT2D eigenvalue weighted by atomic mass is 10.0. The Morgan fingerprint density at radius 2 is 1.94 bits per heavy atom. The molecule has 1 aromatic carbocycles. The summed E-state index contributed by atoms with van der Waals surface area (Å²) in [5.74, 6) is -0.324. The minimum Gasteiger partial charge on any atom is -0.324 e. The normalized spacial score (nSPS) is 12.4. The molecular formula is C13H12ClFN2. The predicted octanol–water partition coefficient (Wildman–Crippen LogP) is 3.12. The van der Waals surface area contributed by atoms with Crippen molar-refractivity contribution in [2.45, 2.75) is 12.5 Å². The molecular weight excluding hydrogens is 239 g/mol. The predicted molar refractivity (Wildman–Crippen MR) is 66.3 cm³/mol. The molecule has 88 valence electrons. The molecule has 0 fully saturated rings. The number of hydrogen-bond donors (Lipinski definition) is 1. The van der Waals surface area contributed by atoms with Crippen LogP contribution in [0.3, 0.4) is 0 Å². The van der Waals surface area contributed by atoms with Crippen LogP contribution in [-0.4, -0.2) is 4.98 Å². The summed E-state index contributed by atoms with van der Waals surface area (Å²) in [5.41, 5.74) is 7.70. The van der Waals surface area contributed by atoms with E-state index in [0.29, 0.717) is 17.0 Å². The highest BCUT2D eigenvalue weighted by atomic mass is 35.5. The molecule has 1 atom stereocenters. The topological polar surface area (TPSA) is 38.9 Å². The molecule has 0 amide bonds. The monoisotopic (exact) mass is 250 g/mol. The Labute approximate surface area is 104 Å². The van der Waals surface area contributed by atoms with Gasteiger partial charge in [-0.3, -0.25) is 4.98 Å². The Hall–Kier alpha value is -1.45. The molecule has 4 heteroatoms. The van der Waals surface area contributed by atoms with Gasteiger partial charge in [0.05, 0.1) is 0 Å². The lowest BCUT2D eigenvalue weighted by Crippen LogP contribution is -2.14. The van der Waals surface area contributed by atoms with Gasteiger partial charge in [-0.2, -0.15) is 0 Å². The Morgan fingerprint density at radius 3 is 2.65 bits per heavy atom. The SMILES string of the molecule is NC(Cc1ccncc1)c1cc(F)ccc1Cl. The van der Waals surface area contributed by atoms with Crippen molar-refractivity contribution in [1.29, 1.82) is 0 Å². The zero-order chi connectivity index (χ0) is 12.3. The van der Waals surface area contributed by atoms with E-state index in [2.05, 4.69) is 4.98 Å². The maximum absolute atomic E-state index is 13.1. The molecule has 0 aliphatic heterocycles. The Bertz CT molecular complexity index is 502. The molecule has 0 saturated carbocycles. The number of aromatic nitrogens is 1. The fraction of sp³-hybridized carbons (Fsp3) is 0.154. The van der Waals surface area contributed by atoms with Crippen molar-refractivity contribution in [2.24, 2.45) is 5.73 Å². The summed E-state index contributed by atoms with van der Waals surface area (Å²) in [6.07, 6.45) is 4.01. The fourth-order valence-electron chi connectivity index (χ4n) is 1.68. The van der Waals surface area contributed by atoms with Crippen LogP contribution in [0.15, 0.2) is 42.7 Å². The third-order valence-corrected chi connectivity index (χ3v) is 2.91. The summed E-state index contributed by atoms with van der Waals surface area (Å²) >= 11 is 6.00. The minimum atomic E-state index is -0.324. The first-order valence-electron chi connectivity index (χ1n) is 5.26. The van der Waals surface area contributed by atoms with E-state index in [9.17, 15) is 4.39 Å². The van der Waals surface area contributed by atoms with Gasteiger partial charge in [0.1, 0.15) is 5.82 Å². The second-order valence-electron chi connectivity index (χ2n) is 3.83. The van der Waals surface area contributed by atoms with Gasteiger partial charge in [-0.1, -0.05) is 11.6 Å². The molecule has 2 N–H and O–H groups in total. The van der Waals surface area contributed by atoms with Crippen LogP contribution in [0.5, 0.6) is 0 Å². The molecule has 2 aromatic rings. The van der Waals surface area contributed by atoms with Crippen molar-refractivity contribution in [2.75, 3.05) is 0 Å². The van der Waals surface area contributed by atoms with Crippen molar-refractivity contribution < 1.29 is 4.39 Å². The average molecular weight is 251 g/mol. The molecule has 2 rings (SSSR count). The van der Waals surface area contributed by atoms with Crippen LogP contribution in [0.25, 0.3) is 0 Å². The highest BCUT2D eigenvalue weighted by Gasteiger charge is 2.11. The van der Waals surface area contributed by atoms with E-state index in [1.807, 2.05) is 12.1 Å². The van der Waals surface area contributed by atoms with Gasteiger partial charge in [-0.05, 0) is 47.9 Å². The standard InChI is InChI=1S/C13H12ClFN2/c14-12-2-1-10(15)8-11(12)13(16)7-9-3-5-17-6-4-9/h1-6,8,13H,7,16H2. The highest BCUT2D eigenvalue weighted by molar-refractivity contribution is 6.31. The molecule has 1 unspecified atom stereocenters. The summed E-state index contributed by atoms with van der Waals surface area (Å²) in [6, 6.07) is 7.68. The van der Waals surface area contributed by atoms with Gasteiger partial charge in [0.25, 0.3) is 0 Å². The van der Waals surface area contributed by atoms with Crippen LogP contribution in [-0.2, 0) is 6.42 Å². The van der Waals surface area contributed by atoms with Crippen molar-refractivity contribution >= 4 is 11.6 Å². The van der Waals surface area contributed by atoms with Crippen LogP contribution in [0.4, 0.5) is 4.39 Å². The van der Waals surface area contributed by atoms with Crippen molar-refractivity contribution in [1.82, 2.24) is 4.98 Å². The quantitative estimate of drug-likeness (QED) is 0.909. The number of benzene rings is 1. The lowest BCUT2D eigenvalue weighted by Gasteiger charge is -2.13. The average Bonchev–Trinajstić information content (AvgIpc) is 2.33. The highest BCUT2D eigenvalue weighted by Crippen LogP contribution is 2.24. The van der Waals surface area contributed by atoms with Crippen LogP contribution in [0, 0.1) is 5.82 Å². The molecule has 17 heavy (non-hydrogen) atoms. The van der Waals surface area contributed by atoms with Crippen molar-refractivity contribution in [3.05, 3.63) is 64.7 Å². The van der Waals surface area contributed by atoms with Crippen molar-refractivity contribution in [3.63, 3.8) is 0 Å². The molecule has 1 heterocycles. The van der Waals surface area contributed by atoms with Crippen molar-refractivity contribution in [3.8, 4) is 0 Å².